The van der Waals surface area contributed by atoms with E-state index in [2.05, 4.69) is 20.2 Å². The Labute approximate surface area is 191 Å². The topological polar surface area (TPSA) is 68.7 Å². The monoisotopic (exact) mass is 460 g/mol. The molecule has 1 fully saturated rings. The Bertz CT molecular complexity index is 1030. The molecular weight excluding hydrogens is 435 g/mol. The zero-order chi connectivity index (χ0) is 22.2. The molecule has 3 aromatic rings. The van der Waals surface area contributed by atoms with Crippen molar-refractivity contribution in [3.63, 3.8) is 0 Å². The van der Waals surface area contributed by atoms with Crippen LogP contribution in [-0.4, -0.2) is 61.1 Å². The molecule has 1 saturated heterocycles. The molecule has 7 nitrogen and oxygen atoms in total. The number of halogens is 2. The Hall–Kier alpha value is -2.68. The summed E-state index contributed by atoms with van der Waals surface area (Å²) < 4.78 is 31.0. The number of rotatable bonds is 11. The summed E-state index contributed by atoms with van der Waals surface area (Å²) in [5, 5.41) is 3.94. The molecule has 0 spiro atoms. The molecule has 1 aromatic heterocycles. The smallest absolute Gasteiger partial charge is 0.226 e. The molecule has 32 heavy (non-hydrogen) atoms. The van der Waals surface area contributed by atoms with Crippen molar-refractivity contribution in [2.45, 2.75) is 12.8 Å². The van der Waals surface area contributed by atoms with Gasteiger partial charge in [-0.05, 0) is 56.3 Å². The lowest BCUT2D eigenvalue weighted by Gasteiger charge is -2.14. The van der Waals surface area contributed by atoms with Gasteiger partial charge in [-0.15, -0.1) is 0 Å². The van der Waals surface area contributed by atoms with Crippen LogP contribution in [0.25, 0.3) is 10.9 Å². The molecule has 1 N–H and O–H groups in total. The Kier molecular flexibility index (Phi) is 7.92. The molecule has 0 radical (unpaired) electrons. The highest BCUT2D eigenvalue weighted by molar-refractivity contribution is 6.30. The Balaban J connectivity index is 1.25. The second-order valence-electron chi connectivity index (χ2n) is 7.46. The third-order valence-electron chi connectivity index (χ3n) is 5.22. The summed E-state index contributed by atoms with van der Waals surface area (Å²) in [5.41, 5.74) is 0.992. The van der Waals surface area contributed by atoms with Crippen LogP contribution in [0.3, 0.4) is 0 Å². The van der Waals surface area contributed by atoms with E-state index in [4.69, 9.17) is 25.8 Å². The predicted octanol–water partition coefficient (Wildman–Crippen LogP) is 4.36. The van der Waals surface area contributed by atoms with Gasteiger partial charge in [0.25, 0.3) is 0 Å². The average Bonchev–Trinajstić information content (AvgIpc) is 3.31. The van der Waals surface area contributed by atoms with Crippen molar-refractivity contribution in [2.75, 3.05) is 51.5 Å². The van der Waals surface area contributed by atoms with Gasteiger partial charge in [0.1, 0.15) is 24.5 Å². The Morgan fingerprint density at radius 2 is 1.88 bits per heavy atom. The maximum atomic E-state index is 13.9. The molecule has 0 aliphatic carbocycles. The van der Waals surface area contributed by atoms with Crippen molar-refractivity contribution in [1.29, 1.82) is 0 Å². The first kappa shape index (κ1) is 22.5. The van der Waals surface area contributed by atoms with Crippen LogP contribution >= 0.6 is 11.6 Å². The summed E-state index contributed by atoms with van der Waals surface area (Å²) in [6, 6.07) is 9.92. The fourth-order valence-corrected chi connectivity index (χ4v) is 3.71. The van der Waals surface area contributed by atoms with Crippen molar-refractivity contribution >= 4 is 28.2 Å². The fraction of sp³-hybridized carbons (Fsp3) is 0.391. The number of ether oxygens (including phenoxy) is 3. The summed E-state index contributed by atoms with van der Waals surface area (Å²) in [4.78, 5) is 10.9. The number of aromatic nitrogens is 2. The second kappa shape index (κ2) is 11.3. The maximum absolute atomic E-state index is 13.9. The minimum absolute atomic E-state index is 0.0394. The zero-order valence-corrected chi connectivity index (χ0v) is 18.5. The van der Waals surface area contributed by atoms with Gasteiger partial charge >= 0.3 is 0 Å². The van der Waals surface area contributed by atoms with E-state index in [-0.39, 0.29) is 6.73 Å². The summed E-state index contributed by atoms with van der Waals surface area (Å²) in [6.45, 7) is 5.11. The second-order valence-corrected chi connectivity index (χ2v) is 7.89. The molecule has 0 unspecified atom stereocenters. The van der Waals surface area contributed by atoms with E-state index in [0.29, 0.717) is 41.1 Å². The van der Waals surface area contributed by atoms with Crippen LogP contribution < -0.4 is 14.8 Å². The fourth-order valence-electron chi connectivity index (χ4n) is 3.55. The van der Waals surface area contributed by atoms with Gasteiger partial charge in [0, 0.05) is 17.6 Å². The first-order valence-corrected chi connectivity index (χ1v) is 11.1. The van der Waals surface area contributed by atoms with Gasteiger partial charge in [-0.3, -0.25) is 0 Å². The molecule has 0 atom stereocenters. The minimum Gasteiger partial charge on any atom is -0.491 e. The van der Waals surface area contributed by atoms with Gasteiger partial charge in [0.15, 0.2) is 6.73 Å². The van der Waals surface area contributed by atoms with Gasteiger partial charge < -0.3 is 24.4 Å². The number of nitrogens with zero attached hydrogens (tertiary/aromatic N) is 3. The lowest BCUT2D eigenvalue weighted by Crippen LogP contribution is -2.24. The van der Waals surface area contributed by atoms with Crippen molar-refractivity contribution < 1.29 is 18.6 Å². The van der Waals surface area contributed by atoms with Crippen LogP contribution in [0.15, 0.2) is 42.7 Å². The molecule has 9 heteroatoms. The number of benzene rings is 2. The quantitative estimate of drug-likeness (QED) is 0.337. The number of hydrogen-bond donors (Lipinski definition) is 1. The van der Waals surface area contributed by atoms with Gasteiger partial charge in [-0.1, -0.05) is 11.6 Å². The van der Waals surface area contributed by atoms with Crippen molar-refractivity contribution in [1.82, 2.24) is 14.9 Å². The van der Waals surface area contributed by atoms with Gasteiger partial charge in [-0.2, -0.15) is 0 Å². The molecule has 0 amide bonds. The molecule has 170 valence electrons. The van der Waals surface area contributed by atoms with Crippen LogP contribution in [0, 0.1) is 5.82 Å². The molecule has 0 saturated carbocycles. The normalized spacial score (nSPS) is 14.1. The largest absolute Gasteiger partial charge is 0.491 e. The number of nitrogens with one attached hydrogen (secondary N) is 1. The highest BCUT2D eigenvalue weighted by Gasteiger charge is 2.11. The molecule has 2 heterocycles. The van der Waals surface area contributed by atoms with Gasteiger partial charge in [-0.25, -0.2) is 14.4 Å². The van der Waals surface area contributed by atoms with Crippen LogP contribution in [0.1, 0.15) is 12.8 Å². The van der Waals surface area contributed by atoms with E-state index >= 15 is 0 Å². The minimum atomic E-state index is -0.449. The summed E-state index contributed by atoms with van der Waals surface area (Å²) in [6.07, 6.45) is 4.00. The van der Waals surface area contributed by atoms with E-state index in [1.807, 2.05) is 18.2 Å². The van der Waals surface area contributed by atoms with E-state index in [1.54, 1.807) is 12.1 Å². The van der Waals surface area contributed by atoms with Crippen molar-refractivity contribution in [3.05, 3.63) is 53.6 Å². The SMILES string of the molecule is Fc1cc(Cl)ccc1NCOc1ncnc2cc(OCCOCCN3CCCC3)ccc12. The predicted molar refractivity (Wildman–Crippen MR) is 122 cm³/mol. The highest BCUT2D eigenvalue weighted by Crippen LogP contribution is 2.25. The lowest BCUT2D eigenvalue weighted by atomic mass is 10.2. The van der Waals surface area contributed by atoms with Crippen LogP contribution in [-0.2, 0) is 4.74 Å². The number of anilines is 1. The number of fused-ring (bicyclic) bond motifs is 1. The van der Waals surface area contributed by atoms with Crippen LogP contribution in [0.4, 0.5) is 10.1 Å². The maximum Gasteiger partial charge on any atom is 0.226 e. The third-order valence-corrected chi connectivity index (χ3v) is 5.46. The molecule has 1 aliphatic heterocycles. The van der Waals surface area contributed by atoms with Crippen molar-refractivity contribution in [3.8, 4) is 11.6 Å². The lowest BCUT2D eigenvalue weighted by molar-refractivity contribution is 0.0846. The molecule has 0 bridgehead atoms. The van der Waals surface area contributed by atoms with Gasteiger partial charge in [0.2, 0.25) is 5.88 Å². The summed E-state index contributed by atoms with van der Waals surface area (Å²) in [5.74, 6) is 0.649. The highest BCUT2D eigenvalue weighted by atomic mass is 35.5. The first-order chi connectivity index (χ1) is 15.7. The Morgan fingerprint density at radius 1 is 1.00 bits per heavy atom. The average molecular weight is 461 g/mol. The Morgan fingerprint density at radius 3 is 2.72 bits per heavy atom. The van der Waals surface area contributed by atoms with Gasteiger partial charge in [0.05, 0.1) is 29.8 Å². The molecular formula is C23H26ClFN4O3. The van der Waals surface area contributed by atoms with E-state index in [9.17, 15) is 4.39 Å². The summed E-state index contributed by atoms with van der Waals surface area (Å²) >= 11 is 5.77. The number of likely N-dealkylation sites (tertiary alicyclic amines) is 1. The first-order valence-electron chi connectivity index (χ1n) is 10.7. The van der Waals surface area contributed by atoms with Crippen LogP contribution in [0.5, 0.6) is 11.6 Å². The molecule has 2 aromatic carbocycles. The third kappa shape index (κ3) is 6.18. The van der Waals surface area contributed by atoms with E-state index in [1.165, 1.54) is 38.3 Å². The van der Waals surface area contributed by atoms with E-state index < -0.39 is 5.82 Å². The molecule has 4 rings (SSSR count). The van der Waals surface area contributed by atoms with Crippen LogP contribution in [0.2, 0.25) is 5.02 Å². The standard InChI is InChI=1S/C23H26ClFN4O3/c24-17-3-6-21(20(25)13-17)28-16-32-23-19-5-4-18(14-22(19)26-15-27-23)31-12-11-30-10-9-29-7-1-2-8-29/h3-6,13-15,28H,1-2,7-12,16H2. The zero-order valence-electron chi connectivity index (χ0n) is 17.7. The molecule has 1 aliphatic rings. The number of hydrogen-bond acceptors (Lipinski definition) is 7. The van der Waals surface area contributed by atoms with E-state index in [0.717, 1.165) is 18.5 Å². The van der Waals surface area contributed by atoms with Crippen molar-refractivity contribution in [2.24, 2.45) is 0 Å². The summed E-state index contributed by atoms with van der Waals surface area (Å²) in [7, 11) is 0.